The second kappa shape index (κ2) is 9.22. The molecular formula is C12H24N2O3S. The first-order chi connectivity index (χ1) is 8.46. The summed E-state index contributed by atoms with van der Waals surface area (Å²) in [7, 11) is 1.28. The Bertz CT molecular complexity index is 268. The van der Waals surface area contributed by atoms with Crippen molar-refractivity contribution in [2.45, 2.75) is 38.5 Å². The molecule has 2 atom stereocenters. The summed E-state index contributed by atoms with van der Waals surface area (Å²) in [5.41, 5.74) is 0. The zero-order chi connectivity index (χ0) is 14.1. The van der Waals surface area contributed by atoms with Crippen molar-refractivity contribution < 1.29 is 14.3 Å². The molecule has 0 aliphatic heterocycles. The molecule has 0 rings (SSSR count). The highest BCUT2D eigenvalue weighted by Crippen LogP contribution is 2.05. The van der Waals surface area contributed by atoms with Crippen molar-refractivity contribution >= 4 is 24.5 Å². The minimum absolute atomic E-state index is 0.0871. The van der Waals surface area contributed by atoms with Crippen LogP contribution in [0, 0.1) is 0 Å². The smallest absolute Gasteiger partial charge is 0.407 e. The number of carbonyl (C=O) groups is 2. The summed E-state index contributed by atoms with van der Waals surface area (Å²) in [5.74, 6) is -0.0871. The summed E-state index contributed by atoms with van der Waals surface area (Å²) < 4.78 is 4.53. The van der Waals surface area contributed by atoms with Crippen molar-refractivity contribution in [2.24, 2.45) is 0 Å². The molecule has 0 aromatic rings. The van der Waals surface area contributed by atoms with Crippen LogP contribution in [0.4, 0.5) is 4.79 Å². The lowest BCUT2D eigenvalue weighted by atomic mass is 10.1. The Kier molecular flexibility index (Phi) is 8.83. The number of hydrogen-bond donors (Lipinski definition) is 2. The fourth-order valence-corrected chi connectivity index (χ4v) is 1.81. The molecule has 18 heavy (non-hydrogen) atoms. The SMILES string of the molecule is CCN(CC)CC[C@H](NC(=O)OC)C(=O)C(C)S. The Morgan fingerprint density at radius 3 is 2.28 bits per heavy atom. The predicted octanol–water partition coefficient (Wildman–Crippen LogP) is 1.33. The average molecular weight is 276 g/mol. The Hall–Kier alpha value is -0.750. The molecule has 0 aromatic heterocycles. The van der Waals surface area contributed by atoms with E-state index in [0.29, 0.717) is 6.42 Å². The summed E-state index contributed by atoms with van der Waals surface area (Å²) in [5, 5.41) is 2.17. The van der Waals surface area contributed by atoms with E-state index in [2.05, 4.69) is 41.4 Å². The number of carbonyl (C=O) groups excluding carboxylic acids is 2. The average Bonchev–Trinajstić information content (AvgIpc) is 2.37. The number of thiol groups is 1. The molecule has 0 aliphatic rings. The summed E-state index contributed by atoms with van der Waals surface area (Å²) in [6, 6.07) is -0.537. The van der Waals surface area contributed by atoms with Gasteiger partial charge in [0.25, 0.3) is 0 Å². The summed E-state index contributed by atoms with van der Waals surface area (Å²) in [4.78, 5) is 25.3. The van der Waals surface area contributed by atoms with E-state index in [4.69, 9.17) is 0 Å². The van der Waals surface area contributed by atoms with Crippen molar-refractivity contribution in [3.63, 3.8) is 0 Å². The second-order valence-electron chi connectivity index (χ2n) is 4.08. The molecule has 0 fully saturated rings. The van der Waals surface area contributed by atoms with E-state index in [1.54, 1.807) is 6.92 Å². The van der Waals surface area contributed by atoms with Crippen LogP contribution in [-0.4, -0.2) is 54.8 Å². The number of rotatable bonds is 8. The van der Waals surface area contributed by atoms with Crippen molar-refractivity contribution in [2.75, 3.05) is 26.7 Å². The summed E-state index contributed by atoms with van der Waals surface area (Å²) in [6.45, 7) is 8.44. The van der Waals surface area contributed by atoms with Crippen LogP contribution in [0.15, 0.2) is 0 Å². The van der Waals surface area contributed by atoms with E-state index in [1.165, 1.54) is 7.11 Å². The zero-order valence-corrected chi connectivity index (χ0v) is 12.5. The quantitative estimate of drug-likeness (QED) is 0.657. The molecule has 106 valence electrons. The van der Waals surface area contributed by atoms with Gasteiger partial charge in [-0.15, -0.1) is 0 Å². The molecule has 0 bridgehead atoms. The first-order valence-corrected chi connectivity index (χ1v) is 6.76. The molecule has 0 aliphatic carbocycles. The van der Waals surface area contributed by atoms with E-state index in [0.717, 1.165) is 19.6 Å². The van der Waals surface area contributed by atoms with Crippen LogP contribution < -0.4 is 5.32 Å². The molecule has 0 spiro atoms. The minimum atomic E-state index is -0.582. The monoisotopic (exact) mass is 276 g/mol. The number of Topliss-reactive ketones (excluding diaryl/α,β-unsaturated/α-hetero) is 1. The Morgan fingerprint density at radius 1 is 1.33 bits per heavy atom. The maximum atomic E-state index is 11.9. The number of nitrogens with zero attached hydrogens (tertiary/aromatic N) is 1. The Labute approximate surface area is 115 Å². The normalized spacial score (nSPS) is 14.1. The number of amides is 1. The molecule has 0 saturated heterocycles. The molecule has 0 radical (unpaired) electrons. The molecule has 0 heterocycles. The van der Waals surface area contributed by atoms with Gasteiger partial charge < -0.3 is 15.0 Å². The van der Waals surface area contributed by atoms with E-state index >= 15 is 0 Å². The highest BCUT2D eigenvalue weighted by Gasteiger charge is 2.24. The lowest BCUT2D eigenvalue weighted by molar-refractivity contribution is -0.120. The van der Waals surface area contributed by atoms with Crippen LogP contribution in [0.1, 0.15) is 27.2 Å². The minimum Gasteiger partial charge on any atom is -0.453 e. The highest BCUT2D eigenvalue weighted by molar-refractivity contribution is 7.81. The fraction of sp³-hybridized carbons (Fsp3) is 0.833. The van der Waals surface area contributed by atoms with Crippen LogP contribution in [0.3, 0.4) is 0 Å². The fourth-order valence-electron chi connectivity index (χ4n) is 1.63. The van der Waals surface area contributed by atoms with Crippen LogP contribution >= 0.6 is 12.6 Å². The maximum Gasteiger partial charge on any atom is 0.407 e. The van der Waals surface area contributed by atoms with Gasteiger partial charge in [0.15, 0.2) is 5.78 Å². The molecule has 0 saturated carbocycles. The standard InChI is InChI=1S/C12H24N2O3S/c1-5-14(6-2)8-7-10(11(15)9(3)18)13-12(16)17-4/h9-10,18H,5-8H2,1-4H3,(H,13,16)/t9?,10-/m0/s1. The lowest BCUT2D eigenvalue weighted by Crippen LogP contribution is -2.45. The van der Waals surface area contributed by atoms with Gasteiger partial charge in [-0.25, -0.2) is 4.79 Å². The van der Waals surface area contributed by atoms with Gasteiger partial charge in [-0.2, -0.15) is 12.6 Å². The van der Waals surface area contributed by atoms with Gasteiger partial charge in [-0.05, 0) is 26.4 Å². The van der Waals surface area contributed by atoms with Gasteiger partial charge in [-0.1, -0.05) is 13.8 Å². The topological polar surface area (TPSA) is 58.6 Å². The van der Waals surface area contributed by atoms with Crippen molar-refractivity contribution in [1.29, 1.82) is 0 Å². The number of methoxy groups -OCH3 is 1. The van der Waals surface area contributed by atoms with Crippen molar-refractivity contribution in [1.82, 2.24) is 10.2 Å². The molecule has 1 N–H and O–H groups in total. The zero-order valence-electron chi connectivity index (χ0n) is 11.6. The first-order valence-electron chi connectivity index (χ1n) is 6.24. The van der Waals surface area contributed by atoms with Gasteiger partial charge in [0, 0.05) is 6.54 Å². The predicted molar refractivity (Wildman–Crippen MR) is 75.2 cm³/mol. The maximum absolute atomic E-state index is 11.9. The number of ketones is 1. The summed E-state index contributed by atoms with van der Waals surface area (Å²) in [6.07, 6.45) is -0.0116. The second-order valence-corrected chi connectivity index (χ2v) is 4.86. The molecule has 1 unspecified atom stereocenters. The Balaban J connectivity index is 4.47. The van der Waals surface area contributed by atoms with Crippen molar-refractivity contribution in [3.8, 4) is 0 Å². The number of alkyl carbamates (subject to hydrolysis) is 1. The van der Waals surface area contributed by atoms with E-state index in [1.807, 2.05) is 0 Å². The van der Waals surface area contributed by atoms with Crippen LogP contribution in [0.5, 0.6) is 0 Å². The van der Waals surface area contributed by atoms with Crippen LogP contribution in [0.25, 0.3) is 0 Å². The third-order valence-corrected chi connectivity index (χ3v) is 3.12. The van der Waals surface area contributed by atoms with Crippen LogP contribution in [0.2, 0.25) is 0 Å². The number of ether oxygens (including phenoxy) is 1. The van der Waals surface area contributed by atoms with E-state index in [9.17, 15) is 9.59 Å². The van der Waals surface area contributed by atoms with Gasteiger partial charge >= 0.3 is 6.09 Å². The molecular weight excluding hydrogens is 252 g/mol. The lowest BCUT2D eigenvalue weighted by Gasteiger charge is -2.23. The largest absolute Gasteiger partial charge is 0.453 e. The molecule has 1 amide bonds. The third-order valence-electron chi connectivity index (χ3n) is 2.86. The molecule has 6 heteroatoms. The van der Waals surface area contributed by atoms with Gasteiger partial charge in [-0.3, -0.25) is 4.79 Å². The number of hydrogen-bond acceptors (Lipinski definition) is 5. The van der Waals surface area contributed by atoms with Gasteiger partial charge in [0.2, 0.25) is 0 Å². The van der Waals surface area contributed by atoms with Crippen LogP contribution in [-0.2, 0) is 9.53 Å². The summed E-state index contributed by atoms with van der Waals surface area (Å²) >= 11 is 4.12. The van der Waals surface area contributed by atoms with E-state index < -0.39 is 17.4 Å². The molecule has 5 nitrogen and oxygen atoms in total. The third kappa shape index (κ3) is 6.26. The van der Waals surface area contributed by atoms with Gasteiger partial charge in [0.1, 0.15) is 0 Å². The van der Waals surface area contributed by atoms with Crippen molar-refractivity contribution in [3.05, 3.63) is 0 Å². The number of nitrogens with one attached hydrogen (secondary N) is 1. The first kappa shape index (κ1) is 17.2. The highest BCUT2D eigenvalue weighted by atomic mass is 32.1. The molecule has 0 aromatic carbocycles. The van der Waals surface area contributed by atoms with E-state index in [-0.39, 0.29) is 5.78 Å². The Morgan fingerprint density at radius 2 is 1.89 bits per heavy atom. The van der Waals surface area contributed by atoms with Gasteiger partial charge in [0.05, 0.1) is 18.4 Å².